The molecule has 0 aliphatic carbocycles. The zero-order valence-corrected chi connectivity index (χ0v) is 16.5. The smallest absolute Gasteiger partial charge is 0.228 e. The van der Waals surface area contributed by atoms with Gasteiger partial charge in [0.25, 0.3) is 0 Å². The first kappa shape index (κ1) is 18.5. The predicted octanol–water partition coefficient (Wildman–Crippen LogP) is 2.73. The van der Waals surface area contributed by atoms with E-state index in [1.165, 1.54) is 18.4 Å². The molecule has 1 aromatic rings. The predicted molar refractivity (Wildman–Crippen MR) is 107 cm³/mol. The van der Waals surface area contributed by atoms with Crippen molar-refractivity contribution in [1.82, 2.24) is 10.2 Å². The average molecular weight is 370 g/mol. The molecule has 5 heteroatoms. The highest BCUT2D eigenvalue weighted by Gasteiger charge is 2.41. The highest BCUT2D eigenvalue weighted by molar-refractivity contribution is 6.00. The second-order valence-corrected chi connectivity index (χ2v) is 8.53. The van der Waals surface area contributed by atoms with Gasteiger partial charge in [0, 0.05) is 43.8 Å². The third kappa shape index (κ3) is 3.75. The Balaban J connectivity index is 1.40. The van der Waals surface area contributed by atoms with Crippen LogP contribution >= 0.6 is 0 Å². The molecular weight excluding hydrogens is 338 g/mol. The van der Waals surface area contributed by atoms with Gasteiger partial charge in [-0.3, -0.25) is 9.59 Å². The summed E-state index contributed by atoms with van der Waals surface area (Å²) in [5, 5.41) is 3.63. The number of aryl methyl sites for hydroxylation is 1. The van der Waals surface area contributed by atoms with E-state index >= 15 is 0 Å². The first-order valence-electron chi connectivity index (χ1n) is 10.5. The number of piperidine rings is 1. The van der Waals surface area contributed by atoms with Gasteiger partial charge in [0.2, 0.25) is 11.8 Å². The summed E-state index contributed by atoms with van der Waals surface area (Å²) >= 11 is 0. The largest absolute Gasteiger partial charge is 0.342 e. The Hall–Kier alpha value is -1.88. The third-order valence-corrected chi connectivity index (χ3v) is 6.60. The van der Waals surface area contributed by atoms with Crippen molar-refractivity contribution in [3.05, 3.63) is 29.8 Å². The number of carbonyl (C=O) groups excluding carboxylic acids is 2. The molecule has 0 radical (unpaired) electrons. The maximum Gasteiger partial charge on any atom is 0.228 e. The fraction of sp³-hybridized carbons (Fsp3) is 0.636. The number of fused-ring (bicyclic) bond motifs is 2. The molecule has 3 unspecified atom stereocenters. The molecule has 3 heterocycles. The summed E-state index contributed by atoms with van der Waals surface area (Å²) in [7, 11) is 1.93. The van der Waals surface area contributed by atoms with Crippen LogP contribution in [0.5, 0.6) is 0 Å². The van der Waals surface area contributed by atoms with Gasteiger partial charge in [-0.05, 0) is 49.8 Å². The Labute approximate surface area is 162 Å². The number of nitrogens with one attached hydrogen (secondary N) is 1. The van der Waals surface area contributed by atoms with Gasteiger partial charge in [-0.15, -0.1) is 0 Å². The lowest BCUT2D eigenvalue weighted by atomic mass is 9.97. The van der Waals surface area contributed by atoms with Crippen LogP contribution in [0.4, 0.5) is 5.69 Å². The second kappa shape index (κ2) is 7.63. The summed E-state index contributed by atoms with van der Waals surface area (Å²) < 4.78 is 0. The first-order chi connectivity index (χ1) is 13.0. The highest BCUT2D eigenvalue weighted by Crippen LogP contribution is 2.32. The Bertz CT molecular complexity index is 690. The molecule has 146 valence electrons. The minimum absolute atomic E-state index is 0.0652. The molecule has 27 heavy (non-hydrogen) atoms. The molecule has 3 atom stereocenters. The molecule has 0 aromatic heterocycles. The van der Waals surface area contributed by atoms with Crippen LogP contribution < -0.4 is 10.2 Å². The van der Waals surface area contributed by atoms with E-state index in [0.717, 1.165) is 31.4 Å². The number of hydrogen-bond donors (Lipinski definition) is 1. The lowest BCUT2D eigenvalue weighted by Crippen LogP contribution is -2.50. The van der Waals surface area contributed by atoms with Gasteiger partial charge < -0.3 is 15.1 Å². The molecule has 0 saturated carbocycles. The maximum absolute atomic E-state index is 13.1. The van der Waals surface area contributed by atoms with Crippen molar-refractivity contribution in [1.29, 1.82) is 0 Å². The summed E-state index contributed by atoms with van der Waals surface area (Å²) in [4.78, 5) is 29.4. The zero-order valence-electron chi connectivity index (χ0n) is 16.5. The number of amides is 2. The van der Waals surface area contributed by atoms with Gasteiger partial charge in [-0.25, -0.2) is 0 Å². The van der Waals surface area contributed by atoms with E-state index < -0.39 is 0 Å². The average Bonchev–Trinajstić information content (AvgIpc) is 3.23. The van der Waals surface area contributed by atoms with Crippen molar-refractivity contribution in [2.75, 3.05) is 18.5 Å². The summed E-state index contributed by atoms with van der Waals surface area (Å²) in [6.45, 7) is 2.67. The van der Waals surface area contributed by atoms with Gasteiger partial charge in [0.15, 0.2) is 0 Å². The van der Waals surface area contributed by atoms with Crippen LogP contribution in [0.3, 0.4) is 0 Å². The number of nitrogens with zero attached hydrogens (tertiary/aromatic N) is 2. The fourth-order valence-electron chi connectivity index (χ4n) is 5.07. The lowest BCUT2D eigenvalue weighted by Gasteiger charge is -2.36. The minimum Gasteiger partial charge on any atom is -0.342 e. The molecular formula is C22H31N3O2. The van der Waals surface area contributed by atoms with Crippen LogP contribution in [-0.4, -0.2) is 48.4 Å². The van der Waals surface area contributed by atoms with E-state index in [9.17, 15) is 9.59 Å². The minimum atomic E-state index is -0.217. The lowest BCUT2D eigenvalue weighted by molar-refractivity contribution is -0.137. The van der Waals surface area contributed by atoms with E-state index in [4.69, 9.17) is 0 Å². The third-order valence-electron chi connectivity index (χ3n) is 6.60. The summed E-state index contributed by atoms with van der Waals surface area (Å²) in [6, 6.07) is 9.66. The molecule has 3 saturated heterocycles. The molecule has 3 aliphatic rings. The molecule has 3 aliphatic heterocycles. The SMILES string of the molecule is CCCc1ccc(N2CC(C(=O)N(C)C3CC4CCC(C3)N4)CC2=O)cc1. The molecule has 1 aromatic carbocycles. The summed E-state index contributed by atoms with van der Waals surface area (Å²) in [5.74, 6) is -0.0134. The molecule has 3 fully saturated rings. The van der Waals surface area contributed by atoms with Gasteiger partial charge in [-0.1, -0.05) is 25.5 Å². The molecule has 1 N–H and O–H groups in total. The maximum atomic E-state index is 13.1. The van der Waals surface area contributed by atoms with Crippen molar-refractivity contribution in [2.24, 2.45) is 5.92 Å². The number of hydrogen-bond acceptors (Lipinski definition) is 3. The molecule has 5 nitrogen and oxygen atoms in total. The van der Waals surface area contributed by atoms with Crippen LogP contribution in [0.1, 0.15) is 51.0 Å². The van der Waals surface area contributed by atoms with E-state index in [-0.39, 0.29) is 17.7 Å². The standard InChI is InChI=1S/C22H31N3O2/c1-3-4-15-5-9-19(10-6-15)25-14-16(11-21(25)26)22(27)24(2)20-12-17-7-8-18(13-20)23-17/h5-6,9-10,16-18,20,23H,3-4,7-8,11-14H2,1-2H3. The van der Waals surface area contributed by atoms with Crippen molar-refractivity contribution in [2.45, 2.75) is 70.0 Å². The van der Waals surface area contributed by atoms with Crippen LogP contribution in [0.15, 0.2) is 24.3 Å². The topological polar surface area (TPSA) is 52.7 Å². The van der Waals surface area contributed by atoms with Crippen molar-refractivity contribution in [3.63, 3.8) is 0 Å². The zero-order chi connectivity index (χ0) is 19.0. The van der Waals surface area contributed by atoms with Crippen molar-refractivity contribution in [3.8, 4) is 0 Å². The molecule has 2 bridgehead atoms. The van der Waals surface area contributed by atoms with Gasteiger partial charge in [0.1, 0.15) is 0 Å². The Morgan fingerprint density at radius 1 is 1.19 bits per heavy atom. The normalized spacial score (nSPS) is 30.0. The van der Waals surface area contributed by atoms with Gasteiger partial charge in [-0.2, -0.15) is 0 Å². The van der Waals surface area contributed by atoms with Gasteiger partial charge >= 0.3 is 0 Å². The number of benzene rings is 1. The van der Waals surface area contributed by atoms with Crippen LogP contribution in [0.2, 0.25) is 0 Å². The Morgan fingerprint density at radius 2 is 1.85 bits per heavy atom. The van der Waals surface area contributed by atoms with E-state index in [0.29, 0.717) is 31.1 Å². The summed E-state index contributed by atoms with van der Waals surface area (Å²) in [6.07, 6.45) is 7.04. The van der Waals surface area contributed by atoms with Crippen molar-refractivity contribution < 1.29 is 9.59 Å². The fourth-order valence-corrected chi connectivity index (χ4v) is 5.07. The second-order valence-electron chi connectivity index (χ2n) is 8.53. The molecule has 2 amide bonds. The van der Waals surface area contributed by atoms with E-state index in [1.54, 1.807) is 4.90 Å². The Morgan fingerprint density at radius 3 is 2.48 bits per heavy atom. The van der Waals surface area contributed by atoms with E-state index in [2.05, 4.69) is 24.4 Å². The molecule has 4 rings (SSSR count). The number of carbonyl (C=O) groups is 2. The summed E-state index contributed by atoms with van der Waals surface area (Å²) in [5.41, 5.74) is 2.21. The van der Waals surface area contributed by atoms with Crippen LogP contribution in [0.25, 0.3) is 0 Å². The first-order valence-corrected chi connectivity index (χ1v) is 10.5. The number of rotatable bonds is 5. The van der Waals surface area contributed by atoms with Crippen molar-refractivity contribution >= 4 is 17.5 Å². The molecule has 0 spiro atoms. The quantitative estimate of drug-likeness (QED) is 0.868. The van der Waals surface area contributed by atoms with Gasteiger partial charge in [0.05, 0.1) is 5.92 Å². The van der Waals surface area contributed by atoms with Crippen LogP contribution in [0, 0.1) is 5.92 Å². The monoisotopic (exact) mass is 369 g/mol. The van der Waals surface area contributed by atoms with E-state index in [1.807, 2.05) is 24.1 Å². The van der Waals surface area contributed by atoms with Crippen LogP contribution in [-0.2, 0) is 16.0 Å². The Kier molecular flexibility index (Phi) is 5.22. The highest BCUT2D eigenvalue weighted by atomic mass is 16.2. The number of anilines is 1.